The van der Waals surface area contributed by atoms with E-state index < -0.39 is 0 Å². The lowest BCUT2D eigenvalue weighted by Crippen LogP contribution is -2.18. The van der Waals surface area contributed by atoms with Crippen molar-refractivity contribution in [3.63, 3.8) is 0 Å². The first-order valence-electron chi connectivity index (χ1n) is 8.41. The SMILES string of the molecule is Oc1ccc(C2=NN(c3ccc(Cl)cc3)C(c3ccc(Cl)cc3)C2)c(O)c1. The summed E-state index contributed by atoms with van der Waals surface area (Å²) in [6.07, 6.45) is 0.600. The van der Waals surface area contributed by atoms with Gasteiger partial charge in [-0.1, -0.05) is 35.3 Å². The van der Waals surface area contributed by atoms with Crippen LogP contribution in [0.3, 0.4) is 0 Å². The van der Waals surface area contributed by atoms with Gasteiger partial charge in [0.05, 0.1) is 17.4 Å². The third kappa shape index (κ3) is 3.59. The molecule has 1 unspecified atom stereocenters. The molecule has 0 aromatic heterocycles. The van der Waals surface area contributed by atoms with Crippen molar-refractivity contribution in [3.8, 4) is 11.5 Å². The quantitative estimate of drug-likeness (QED) is 0.589. The molecule has 1 aliphatic heterocycles. The molecule has 3 aromatic rings. The number of phenolic OH excluding ortho intramolecular Hbond substituents is 2. The van der Waals surface area contributed by atoms with Gasteiger partial charge in [-0.3, -0.25) is 5.01 Å². The summed E-state index contributed by atoms with van der Waals surface area (Å²) in [5.41, 5.74) is 3.30. The Labute approximate surface area is 166 Å². The van der Waals surface area contributed by atoms with Crippen LogP contribution in [0.25, 0.3) is 0 Å². The molecule has 136 valence electrons. The van der Waals surface area contributed by atoms with Crippen molar-refractivity contribution < 1.29 is 10.2 Å². The number of halogens is 2. The van der Waals surface area contributed by atoms with Crippen molar-refractivity contribution >= 4 is 34.6 Å². The first-order valence-corrected chi connectivity index (χ1v) is 9.17. The second-order valence-electron chi connectivity index (χ2n) is 6.34. The Morgan fingerprint density at radius 3 is 2.11 bits per heavy atom. The van der Waals surface area contributed by atoms with Gasteiger partial charge >= 0.3 is 0 Å². The van der Waals surface area contributed by atoms with Crippen molar-refractivity contribution in [2.75, 3.05) is 5.01 Å². The monoisotopic (exact) mass is 398 g/mol. The standard InChI is InChI=1S/C21H16Cl2N2O2/c22-14-3-1-13(2-4-14)20-12-19(18-10-9-17(26)11-21(18)27)24-25(20)16-7-5-15(23)6-8-16/h1-11,20,26-27H,12H2. The maximum atomic E-state index is 10.2. The van der Waals surface area contributed by atoms with Crippen LogP contribution in [0.4, 0.5) is 5.69 Å². The van der Waals surface area contributed by atoms with Gasteiger partial charge in [0.25, 0.3) is 0 Å². The van der Waals surface area contributed by atoms with E-state index in [9.17, 15) is 10.2 Å². The summed E-state index contributed by atoms with van der Waals surface area (Å²) in [4.78, 5) is 0. The van der Waals surface area contributed by atoms with Crippen LogP contribution in [0.2, 0.25) is 10.0 Å². The molecular weight excluding hydrogens is 383 g/mol. The number of aromatic hydroxyl groups is 2. The van der Waals surface area contributed by atoms with E-state index in [1.54, 1.807) is 12.1 Å². The highest BCUT2D eigenvalue weighted by Crippen LogP contribution is 2.39. The van der Waals surface area contributed by atoms with Gasteiger partial charge in [-0.05, 0) is 54.1 Å². The minimum absolute atomic E-state index is 0.00145. The van der Waals surface area contributed by atoms with E-state index in [4.69, 9.17) is 28.3 Å². The first kappa shape index (κ1) is 17.7. The van der Waals surface area contributed by atoms with E-state index in [1.807, 2.05) is 53.5 Å². The molecular formula is C21H16Cl2N2O2. The largest absolute Gasteiger partial charge is 0.508 e. The molecule has 0 radical (unpaired) electrons. The van der Waals surface area contributed by atoms with Crippen LogP contribution < -0.4 is 5.01 Å². The van der Waals surface area contributed by atoms with E-state index in [1.165, 1.54) is 6.07 Å². The van der Waals surface area contributed by atoms with E-state index in [-0.39, 0.29) is 17.5 Å². The zero-order chi connectivity index (χ0) is 19.0. The highest BCUT2D eigenvalue weighted by atomic mass is 35.5. The zero-order valence-corrected chi connectivity index (χ0v) is 15.7. The molecule has 0 bridgehead atoms. The molecule has 0 saturated carbocycles. The minimum Gasteiger partial charge on any atom is -0.508 e. The first-order chi connectivity index (χ1) is 13.0. The normalized spacial score (nSPS) is 16.4. The average molecular weight is 399 g/mol. The highest BCUT2D eigenvalue weighted by molar-refractivity contribution is 6.30. The summed E-state index contributed by atoms with van der Waals surface area (Å²) in [7, 11) is 0. The van der Waals surface area contributed by atoms with Crippen molar-refractivity contribution in [1.82, 2.24) is 0 Å². The summed E-state index contributed by atoms with van der Waals surface area (Å²) < 4.78 is 0. The van der Waals surface area contributed by atoms with Crippen molar-refractivity contribution in [2.45, 2.75) is 12.5 Å². The minimum atomic E-state index is -0.0494. The molecule has 2 N–H and O–H groups in total. The third-order valence-electron chi connectivity index (χ3n) is 4.55. The summed E-state index contributed by atoms with van der Waals surface area (Å²) in [6, 6.07) is 19.6. The van der Waals surface area contributed by atoms with Crippen LogP contribution in [0.1, 0.15) is 23.6 Å². The second-order valence-corrected chi connectivity index (χ2v) is 7.21. The van der Waals surface area contributed by atoms with Crippen molar-refractivity contribution in [3.05, 3.63) is 87.9 Å². The van der Waals surface area contributed by atoms with Gasteiger partial charge in [0, 0.05) is 28.1 Å². The second kappa shape index (κ2) is 7.14. The van der Waals surface area contributed by atoms with Gasteiger partial charge in [0.2, 0.25) is 0 Å². The Kier molecular flexibility index (Phi) is 4.68. The number of nitrogens with zero attached hydrogens (tertiary/aromatic N) is 2. The van der Waals surface area contributed by atoms with Crippen LogP contribution in [-0.4, -0.2) is 15.9 Å². The van der Waals surface area contributed by atoms with Gasteiger partial charge in [0.15, 0.2) is 0 Å². The number of rotatable bonds is 3. The molecule has 1 aliphatic rings. The molecule has 4 nitrogen and oxygen atoms in total. The number of hydrazone groups is 1. The molecule has 0 saturated heterocycles. The molecule has 6 heteroatoms. The predicted octanol–water partition coefficient (Wildman–Crippen LogP) is 5.76. The Bertz CT molecular complexity index is 1000. The number of hydrogen-bond acceptors (Lipinski definition) is 4. The summed E-state index contributed by atoms with van der Waals surface area (Å²) in [5.74, 6) is 0.0141. The fourth-order valence-electron chi connectivity index (χ4n) is 3.21. The average Bonchev–Trinajstić information content (AvgIpc) is 3.08. The summed E-state index contributed by atoms with van der Waals surface area (Å²) in [6.45, 7) is 0. The Morgan fingerprint density at radius 1 is 0.852 bits per heavy atom. The predicted molar refractivity (Wildman–Crippen MR) is 109 cm³/mol. The molecule has 4 rings (SSSR count). The molecule has 0 amide bonds. The number of phenols is 2. The van der Waals surface area contributed by atoms with Crippen LogP contribution in [0.5, 0.6) is 11.5 Å². The molecule has 3 aromatic carbocycles. The fraction of sp³-hybridized carbons (Fsp3) is 0.0952. The number of benzene rings is 3. The lowest BCUT2D eigenvalue weighted by Gasteiger charge is -2.24. The van der Waals surface area contributed by atoms with Crippen LogP contribution >= 0.6 is 23.2 Å². The van der Waals surface area contributed by atoms with Crippen LogP contribution in [-0.2, 0) is 0 Å². The highest BCUT2D eigenvalue weighted by Gasteiger charge is 2.31. The van der Waals surface area contributed by atoms with Crippen molar-refractivity contribution in [1.29, 1.82) is 0 Å². The topological polar surface area (TPSA) is 56.1 Å². The fourth-order valence-corrected chi connectivity index (χ4v) is 3.47. The lowest BCUT2D eigenvalue weighted by molar-refractivity contribution is 0.450. The van der Waals surface area contributed by atoms with E-state index in [2.05, 4.69) is 0 Å². The Hall–Kier alpha value is -2.69. The number of hydrogen-bond donors (Lipinski definition) is 2. The van der Waals surface area contributed by atoms with E-state index in [0.717, 1.165) is 17.0 Å². The van der Waals surface area contributed by atoms with Crippen LogP contribution in [0.15, 0.2) is 71.8 Å². The molecule has 0 fully saturated rings. The summed E-state index contributed by atoms with van der Waals surface area (Å²) >= 11 is 12.1. The van der Waals surface area contributed by atoms with Crippen LogP contribution in [0, 0.1) is 0 Å². The van der Waals surface area contributed by atoms with Gasteiger partial charge in [-0.2, -0.15) is 5.10 Å². The summed E-state index contributed by atoms with van der Waals surface area (Å²) in [5, 5.41) is 27.8. The number of anilines is 1. The van der Waals surface area contributed by atoms with Crippen molar-refractivity contribution in [2.24, 2.45) is 5.10 Å². The molecule has 1 heterocycles. The Morgan fingerprint density at radius 2 is 1.48 bits per heavy atom. The van der Waals surface area contributed by atoms with E-state index in [0.29, 0.717) is 22.0 Å². The Balaban J connectivity index is 1.77. The lowest BCUT2D eigenvalue weighted by atomic mass is 9.97. The van der Waals surface area contributed by atoms with Gasteiger partial charge in [0.1, 0.15) is 11.5 Å². The van der Waals surface area contributed by atoms with Gasteiger partial charge in [-0.25, -0.2) is 0 Å². The maximum Gasteiger partial charge on any atom is 0.128 e. The molecule has 0 aliphatic carbocycles. The molecule has 1 atom stereocenters. The van der Waals surface area contributed by atoms with E-state index >= 15 is 0 Å². The van der Waals surface area contributed by atoms with Gasteiger partial charge < -0.3 is 10.2 Å². The smallest absolute Gasteiger partial charge is 0.128 e. The maximum absolute atomic E-state index is 10.2. The zero-order valence-electron chi connectivity index (χ0n) is 14.2. The molecule has 27 heavy (non-hydrogen) atoms. The third-order valence-corrected chi connectivity index (χ3v) is 5.05. The molecule has 0 spiro atoms. The van der Waals surface area contributed by atoms with Gasteiger partial charge in [-0.15, -0.1) is 0 Å².